The average Bonchev–Trinajstić information content (AvgIpc) is 2.35. The summed E-state index contributed by atoms with van der Waals surface area (Å²) in [7, 11) is 0. The van der Waals surface area contributed by atoms with Crippen molar-refractivity contribution >= 4 is 5.97 Å². The molecule has 0 heterocycles. The summed E-state index contributed by atoms with van der Waals surface area (Å²) in [6.45, 7) is -2.22. The highest BCUT2D eigenvalue weighted by Crippen LogP contribution is 2.46. The third-order valence-corrected chi connectivity index (χ3v) is 2.34. The quantitative estimate of drug-likeness (QED) is 0.843. The number of carboxylic acids is 1. The van der Waals surface area contributed by atoms with Crippen LogP contribution in [-0.4, -0.2) is 35.7 Å². The first kappa shape index (κ1) is 17.1. The molecule has 1 aromatic rings. The van der Waals surface area contributed by atoms with E-state index in [0.29, 0.717) is 0 Å². The molecule has 1 N–H and O–H groups in total. The molecule has 0 amide bonds. The Hall–Kier alpha value is -2.00. The van der Waals surface area contributed by atoms with Gasteiger partial charge >= 0.3 is 24.0 Å². The second kappa shape index (κ2) is 5.41. The van der Waals surface area contributed by atoms with E-state index in [1.807, 2.05) is 0 Å². The van der Waals surface area contributed by atoms with Crippen LogP contribution in [0.15, 0.2) is 24.3 Å². The first-order valence-corrected chi connectivity index (χ1v) is 5.17. The van der Waals surface area contributed by atoms with Gasteiger partial charge in [0.15, 0.2) is 6.61 Å². The minimum atomic E-state index is -6.42. The molecule has 0 atom stereocenters. The molecule has 10 heteroatoms. The Morgan fingerprint density at radius 3 is 1.86 bits per heavy atom. The van der Waals surface area contributed by atoms with Gasteiger partial charge in [0.1, 0.15) is 5.75 Å². The monoisotopic (exact) mass is 320 g/mol. The Balaban J connectivity index is 2.80. The number of carbonyl (C=O) groups is 1. The standard InChI is InChI=1S/C11H7F7O3/c12-9(13,10(14,15)11(16,17)18)5-21-7-3-1-6(2-4-7)8(19)20/h1-4H,5H2,(H,19,20). The minimum absolute atomic E-state index is 0.241. The van der Waals surface area contributed by atoms with Crippen LogP contribution in [-0.2, 0) is 0 Å². The predicted octanol–water partition coefficient (Wildman–Crippen LogP) is 3.60. The van der Waals surface area contributed by atoms with Crippen molar-refractivity contribution in [3.63, 3.8) is 0 Å². The second-order valence-corrected chi connectivity index (χ2v) is 3.89. The molecule has 0 fully saturated rings. The van der Waals surface area contributed by atoms with Gasteiger partial charge in [0.25, 0.3) is 0 Å². The molecule has 21 heavy (non-hydrogen) atoms. The molecule has 0 saturated heterocycles. The van der Waals surface area contributed by atoms with Gasteiger partial charge in [-0.05, 0) is 24.3 Å². The van der Waals surface area contributed by atoms with Crippen LogP contribution in [0.4, 0.5) is 30.7 Å². The minimum Gasteiger partial charge on any atom is -0.487 e. The van der Waals surface area contributed by atoms with E-state index in [1.54, 1.807) is 0 Å². The van der Waals surface area contributed by atoms with Crippen molar-refractivity contribution in [3.05, 3.63) is 29.8 Å². The Bertz CT molecular complexity index is 508. The number of carboxylic acid groups (broad SMARTS) is 1. The Kier molecular flexibility index (Phi) is 4.40. The van der Waals surface area contributed by atoms with E-state index >= 15 is 0 Å². The van der Waals surface area contributed by atoms with Crippen molar-refractivity contribution in [1.82, 2.24) is 0 Å². The average molecular weight is 320 g/mol. The molecule has 0 radical (unpaired) electrons. The van der Waals surface area contributed by atoms with Crippen molar-refractivity contribution in [2.24, 2.45) is 0 Å². The molecular weight excluding hydrogens is 313 g/mol. The van der Waals surface area contributed by atoms with Gasteiger partial charge in [-0.25, -0.2) is 4.79 Å². The molecule has 0 unspecified atom stereocenters. The summed E-state index contributed by atoms with van der Waals surface area (Å²) in [4.78, 5) is 10.5. The highest BCUT2D eigenvalue weighted by Gasteiger charge is 2.73. The lowest BCUT2D eigenvalue weighted by Gasteiger charge is -2.27. The van der Waals surface area contributed by atoms with Gasteiger partial charge in [0, 0.05) is 0 Å². The van der Waals surface area contributed by atoms with Crippen LogP contribution in [0, 0.1) is 0 Å². The van der Waals surface area contributed by atoms with E-state index in [0.717, 1.165) is 24.3 Å². The van der Waals surface area contributed by atoms with Crippen LogP contribution in [0.25, 0.3) is 0 Å². The maximum atomic E-state index is 12.9. The predicted molar refractivity (Wildman–Crippen MR) is 54.8 cm³/mol. The van der Waals surface area contributed by atoms with Crippen molar-refractivity contribution in [1.29, 1.82) is 0 Å². The van der Waals surface area contributed by atoms with Crippen LogP contribution in [0.1, 0.15) is 10.4 Å². The Labute approximate surface area is 112 Å². The normalized spacial score (nSPS) is 13.1. The highest BCUT2D eigenvalue weighted by atomic mass is 19.4. The van der Waals surface area contributed by atoms with E-state index < -0.39 is 36.3 Å². The van der Waals surface area contributed by atoms with Crippen LogP contribution < -0.4 is 4.74 Å². The molecule has 1 rings (SSSR count). The zero-order chi connectivity index (χ0) is 16.5. The van der Waals surface area contributed by atoms with Gasteiger partial charge in [0.05, 0.1) is 5.56 Å². The Morgan fingerprint density at radius 2 is 1.48 bits per heavy atom. The fraction of sp³-hybridized carbons (Fsp3) is 0.364. The van der Waals surface area contributed by atoms with Gasteiger partial charge in [-0.1, -0.05) is 0 Å². The summed E-state index contributed by atoms with van der Waals surface area (Å²) in [6, 6.07) is 3.53. The van der Waals surface area contributed by atoms with Crippen LogP contribution in [0.5, 0.6) is 5.75 Å². The SMILES string of the molecule is O=C(O)c1ccc(OCC(F)(F)C(F)(F)C(F)(F)F)cc1. The molecule has 1 aromatic carbocycles. The number of ether oxygens (including phenoxy) is 1. The van der Waals surface area contributed by atoms with E-state index in [4.69, 9.17) is 5.11 Å². The Morgan fingerprint density at radius 1 is 1.00 bits per heavy atom. The molecule has 3 nitrogen and oxygen atoms in total. The number of hydrogen-bond donors (Lipinski definition) is 1. The number of aromatic carboxylic acids is 1. The van der Waals surface area contributed by atoms with Gasteiger partial charge in [-0.3, -0.25) is 0 Å². The zero-order valence-electron chi connectivity index (χ0n) is 9.93. The zero-order valence-corrected chi connectivity index (χ0v) is 9.93. The lowest BCUT2D eigenvalue weighted by atomic mass is 10.1. The molecule has 0 spiro atoms. The second-order valence-electron chi connectivity index (χ2n) is 3.89. The number of halogens is 7. The maximum absolute atomic E-state index is 12.9. The van der Waals surface area contributed by atoms with Crippen molar-refractivity contribution in [3.8, 4) is 5.75 Å². The lowest BCUT2D eigenvalue weighted by molar-refractivity contribution is -0.358. The molecule has 0 aliphatic rings. The fourth-order valence-corrected chi connectivity index (χ4v) is 1.17. The summed E-state index contributed by atoms with van der Waals surface area (Å²) in [5, 5.41) is 8.55. The molecule has 0 aliphatic heterocycles. The third-order valence-electron chi connectivity index (χ3n) is 2.34. The summed E-state index contributed by atoms with van der Waals surface area (Å²) in [6.07, 6.45) is -6.42. The summed E-state index contributed by atoms with van der Waals surface area (Å²) in [5.41, 5.74) is -0.241. The summed E-state index contributed by atoms with van der Waals surface area (Å²) < 4.78 is 90.6. The van der Waals surface area contributed by atoms with Crippen molar-refractivity contribution < 1.29 is 45.4 Å². The topological polar surface area (TPSA) is 46.5 Å². The molecule has 0 aliphatic carbocycles. The van der Waals surface area contributed by atoms with Crippen molar-refractivity contribution in [2.75, 3.05) is 6.61 Å². The first-order valence-electron chi connectivity index (χ1n) is 5.17. The van der Waals surface area contributed by atoms with Gasteiger partial charge in [0.2, 0.25) is 0 Å². The van der Waals surface area contributed by atoms with Crippen LogP contribution in [0.3, 0.4) is 0 Å². The molecular formula is C11H7F7O3. The fourth-order valence-electron chi connectivity index (χ4n) is 1.17. The molecule has 0 saturated carbocycles. The third kappa shape index (κ3) is 3.56. The van der Waals surface area contributed by atoms with E-state index in [9.17, 15) is 35.5 Å². The number of alkyl halides is 7. The number of rotatable bonds is 5. The van der Waals surface area contributed by atoms with Crippen LogP contribution >= 0.6 is 0 Å². The smallest absolute Gasteiger partial charge is 0.460 e. The van der Waals surface area contributed by atoms with Crippen LogP contribution in [0.2, 0.25) is 0 Å². The van der Waals surface area contributed by atoms with Gasteiger partial charge in [-0.15, -0.1) is 0 Å². The summed E-state index contributed by atoms with van der Waals surface area (Å²) in [5.74, 6) is -13.5. The van der Waals surface area contributed by atoms with E-state index in [2.05, 4.69) is 4.74 Å². The molecule has 0 aromatic heterocycles. The maximum Gasteiger partial charge on any atom is 0.460 e. The summed E-state index contributed by atoms with van der Waals surface area (Å²) >= 11 is 0. The highest BCUT2D eigenvalue weighted by molar-refractivity contribution is 5.87. The van der Waals surface area contributed by atoms with Crippen molar-refractivity contribution in [2.45, 2.75) is 18.0 Å². The van der Waals surface area contributed by atoms with E-state index in [-0.39, 0.29) is 5.56 Å². The first-order chi connectivity index (χ1) is 9.38. The molecule has 0 bridgehead atoms. The number of benzene rings is 1. The van der Waals surface area contributed by atoms with Gasteiger partial charge in [-0.2, -0.15) is 30.7 Å². The van der Waals surface area contributed by atoms with E-state index in [1.165, 1.54) is 0 Å². The largest absolute Gasteiger partial charge is 0.487 e. The van der Waals surface area contributed by atoms with Gasteiger partial charge < -0.3 is 9.84 Å². The molecule has 118 valence electrons. The lowest BCUT2D eigenvalue weighted by Crippen LogP contribution is -2.54. The number of hydrogen-bond acceptors (Lipinski definition) is 2.